The number of rotatable bonds is 2. The number of nitrogens with one attached hydrogen (secondary N) is 1. The molecule has 2 rings (SSSR count). The third kappa shape index (κ3) is 3.83. The van der Waals surface area contributed by atoms with Crippen molar-refractivity contribution in [3.8, 4) is 0 Å². The maximum Gasteiger partial charge on any atom is 0.410 e. The Labute approximate surface area is 116 Å². The Morgan fingerprint density at radius 3 is 2.32 bits per heavy atom. The summed E-state index contributed by atoms with van der Waals surface area (Å²) in [6.07, 6.45) is 1.00. The number of hydrogen-bond acceptors (Lipinski definition) is 4. The Morgan fingerprint density at radius 2 is 1.84 bits per heavy atom. The molecule has 2 atom stereocenters. The molecular weight excluding hydrogens is 242 g/mol. The molecule has 0 saturated carbocycles. The molecule has 2 unspecified atom stereocenters. The molecule has 110 valence electrons. The lowest BCUT2D eigenvalue weighted by molar-refractivity contribution is 0.00428. The zero-order chi connectivity index (χ0) is 14.2. The van der Waals surface area contributed by atoms with Crippen molar-refractivity contribution in [3.05, 3.63) is 0 Å². The van der Waals surface area contributed by atoms with Crippen LogP contribution in [0.3, 0.4) is 0 Å². The molecule has 5 heteroatoms. The fraction of sp³-hybridized carbons (Fsp3) is 0.929. The molecule has 2 aliphatic heterocycles. The second-order valence-electron chi connectivity index (χ2n) is 6.97. The van der Waals surface area contributed by atoms with Crippen LogP contribution in [0, 0.1) is 0 Å². The van der Waals surface area contributed by atoms with E-state index in [1.807, 2.05) is 20.8 Å². The minimum Gasteiger partial charge on any atom is -0.444 e. The monoisotopic (exact) mass is 269 g/mol. The van der Waals surface area contributed by atoms with Crippen molar-refractivity contribution in [2.45, 2.75) is 57.8 Å². The van der Waals surface area contributed by atoms with Gasteiger partial charge in [0, 0.05) is 37.8 Å². The highest BCUT2D eigenvalue weighted by molar-refractivity contribution is 5.69. The molecule has 0 aromatic rings. The van der Waals surface area contributed by atoms with E-state index in [1.54, 1.807) is 4.90 Å². The molecule has 0 radical (unpaired) electrons. The molecule has 19 heavy (non-hydrogen) atoms. The van der Waals surface area contributed by atoms with E-state index in [-0.39, 0.29) is 6.09 Å². The van der Waals surface area contributed by atoms with Gasteiger partial charge in [-0.25, -0.2) is 4.79 Å². The molecule has 0 aromatic carbocycles. The fourth-order valence-corrected chi connectivity index (χ4v) is 2.71. The summed E-state index contributed by atoms with van der Waals surface area (Å²) < 4.78 is 5.35. The normalized spacial score (nSPS) is 29.4. The van der Waals surface area contributed by atoms with Crippen molar-refractivity contribution in [1.82, 2.24) is 15.1 Å². The lowest BCUT2D eigenvalue weighted by Gasteiger charge is -2.41. The number of nitrogens with zero attached hydrogens (tertiary/aromatic N) is 2. The standard InChI is InChI=1S/C14H27N3O2/c1-10-6-11(7-16(10)5)15-12-8-17(9-12)13(18)19-14(2,3)4/h10-12,15H,6-9H2,1-5H3. The van der Waals surface area contributed by atoms with Crippen LogP contribution in [-0.4, -0.2) is 66.3 Å². The van der Waals surface area contributed by atoms with Crippen molar-refractivity contribution in [2.75, 3.05) is 26.7 Å². The molecule has 2 saturated heterocycles. The summed E-state index contributed by atoms with van der Waals surface area (Å²) in [5.74, 6) is 0. The first kappa shape index (κ1) is 14.6. The molecule has 2 aliphatic rings. The molecule has 2 fully saturated rings. The summed E-state index contributed by atoms with van der Waals surface area (Å²) in [6, 6.07) is 1.64. The first-order valence-electron chi connectivity index (χ1n) is 7.19. The highest BCUT2D eigenvalue weighted by Gasteiger charge is 2.36. The van der Waals surface area contributed by atoms with Gasteiger partial charge in [0.2, 0.25) is 0 Å². The number of carbonyl (C=O) groups excluding carboxylic acids is 1. The van der Waals surface area contributed by atoms with E-state index in [1.165, 1.54) is 6.42 Å². The first-order valence-corrected chi connectivity index (χ1v) is 7.19. The van der Waals surface area contributed by atoms with Gasteiger partial charge in [0.1, 0.15) is 5.60 Å². The fourth-order valence-electron chi connectivity index (χ4n) is 2.71. The summed E-state index contributed by atoms with van der Waals surface area (Å²) in [6.45, 7) is 10.6. The summed E-state index contributed by atoms with van der Waals surface area (Å²) in [7, 11) is 2.17. The van der Waals surface area contributed by atoms with E-state index < -0.39 is 5.60 Å². The van der Waals surface area contributed by atoms with Crippen LogP contribution < -0.4 is 5.32 Å². The maximum atomic E-state index is 11.8. The molecular formula is C14H27N3O2. The van der Waals surface area contributed by atoms with Crippen LogP contribution in [0.1, 0.15) is 34.1 Å². The predicted molar refractivity (Wildman–Crippen MR) is 75.2 cm³/mol. The van der Waals surface area contributed by atoms with Crippen LogP contribution in [0.15, 0.2) is 0 Å². The Balaban J connectivity index is 1.68. The number of ether oxygens (including phenoxy) is 1. The largest absolute Gasteiger partial charge is 0.444 e. The van der Waals surface area contributed by atoms with Gasteiger partial charge >= 0.3 is 6.09 Å². The second-order valence-corrected chi connectivity index (χ2v) is 6.97. The van der Waals surface area contributed by atoms with Crippen LogP contribution >= 0.6 is 0 Å². The quantitative estimate of drug-likeness (QED) is 0.820. The van der Waals surface area contributed by atoms with Gasteiger partial charge in [-0.15, -0.1) is 0 Å². The minimum absolute atomic E-state index is 0.192. The topological polar surface area (TPSA) is 44.8 Å². The van der Waals surface area contributed by atoms with Crippen LogP contribution in [0.25, 0.3) is 0 Å². The smallest absolute Gasteiger partial charge is 0.410 e. The van der Waals surface area contributed by atoms with Crippen molar-refractivity contribution >= 4 is 6.09 Å². The van der Waals surface area contributed by atoms with E-state index in [9.17, 15) is 4.79 Å². The first-order chi connectivity index (χ1) is 8.74. The lowest BCUT2D eigenvalue weighted by atomic mass is 10.1. The van der Waals surface area contributed by atoms with Gasteiger partial charge in [-0.05, 0) is 41.2 Å². The summed E-state index contributed by atoms with van der Waals surface area (Å²) in [5, 5.41) is 3.63. The van der Waals surface area contributed by atoms with Gasteiger partial charge < -0.3 is 19.9 Å². The van der Waals surface area contributed by atoms with Gasteiger partial charge in [0.05, 0.1) is 0 Å². The van der Waals surface area contributed by atoms with E-state index in [0.717, 1.165) is 19.6 Å². The van der Waals surface area contributed by atoms with Gasteiger partial charge in [0.25, 0.3) is 0 Å². The van der Waals surface area contributed by atoms with E-state index in [0.29, 0.717) is 18.1 Å². The lowest BCUT2D eigenvalue weighted by Crippen LogP contribution is -2.62. The Kier molecular flexibility index (Phi) is 4.06. The highest BCUT2D eigenvalue weighted by Crippen LogP contribution is 2.19. The molecule has 1 N–H and O–H groups in total. The molecule has 5 nitrogen and oxygen atoms in total. The van der Waals surface area contributed by atoms with Crippen molar-refractivity contribution in [1.29, 1.82) is 0 Å². The zero-order valence-electron chi connectivity index (χ0n) is 12.8. The number of carbonyl (C=O) groups is 1. The van der Waals surface area contributed by atoms with Crippen molar-refractivity contribution in [2.24, 2.45) is 0 Å². The maximum absolute atomic E-state index is 11.8. The van der Waals surface area contributed by atoms with Crippen molar-refractivity contribution < 1.29 is 9.53 Å². The zero-order valence-corrected chi connectivity index (χ0v) is 12.8. The van der Waals surface area contributed by atoms with E-state index in [2.05, 4.69) is 24.2 Å². The number of likely N-dealkylation sites (N-methyl/N-ethyl adjacent to an activating group) is 1. The van der Waals surface area contributed by atoms with Crippen LogP contribution in [0.2, 0.25) is 0 Å². The van der Waals surface area contributed by atoms with Gasteiger partial charge in [-0.3, -0.25) is 0 Å². The molecule has 0 spiro atoms. The molecule has 2 heterocycles. The average Bonchev–Trinajstić information content (AvgIpc) is 2.48. The Bertz CT molecular complexity index is 324. The number of amides is 1. The van der Waals surface area contributed by atoms with Crippen molar-refractivity contribution in [3.63, 3.8) is 0 Å². The predicted octanol–water partition coefficient (Wildman–Crippen LogP) is 1.29. The number of hydrogen-bond donors (Lipinski definition) is 1. The Morgan fingerprint density at radius 1 is 1.21 bits per heavy atom. The SMILES string of the molecule is CC1CC(NC2CN(C(=O)OC(C)(C)C)C2)CN1C. The van der Waals surface area contributed by atoms with Crippen LogP contribution in [0.4, 0.5) is 4.79 Å². The molecule has 0 bridgehead atoms. The van der Waals surface area contributed by atoms with E-state index in [4.69, 9.17) is 4.74 Å². The third-order valence-corrected chi connectivity index (χ3v) is 3.89. The summed E-state index contributed by atoms with van der Waals surface area (Å²) >= 11 is 0. The molecule has 0 aliphatic carbocycles. The van der Waals surface area contributed by atoms with Gasteiger partial charge in [-0.2, -0.15) is 0 Å². The summed E-state index contributed by atoms with van der Waals surface area (Å²) in [4.78, 5) is 15.9. The minimum atomic E-state index is -0.404. The second kappa shape index (κ2) is 5.29. The van der Waals surface area contributed by atoms with Crippen LogP contribution in [0.5, 0.6) is 0 Å². The summed E-state index contributed by atoms with van der Waals surface area (Å²) in [5.41, 5.74) is -0.404. The number of likely N-dealkylation sites (tertiary alicyclic amines) is 2. The van der Waals surface area contributed by atoms with Gasteiger partial charge in [0.15, 0.2) is 0 Å². The molecule has 1 amide bonds. The van der Waals surface area contributed by atoms with Gasteiger partial charge in [-0.1, -0.05) is 0 Å². The van der Waals surface area contributed by atoms with Crippen LogP contribution in [-0.2, 0) is 4.74 Å². The average molecular weight is 269 g/mol. The molecule has 0 aromatic heterocycles. The van der Waals surface area contributed by atoms with E-state index >= 15 is 0 Å². The highest BCUT2D eigenvalue weighted by atomic mass is 16.6. The third-order valence-electron chi connectivity index (χ3n) is 3.89. The Hall–Kier alpha value is -0.810.